The van der Waals surface area contributed by atoms with Crippen LogP contribution in [0.4, 0.5) is 0 Å². The molecule has 1 aromatic carbocycles. The van der Waals surface area contributed by atoms with E-state index in [0.29, 0.717) is 0 Å². The fourth-order valence-electron chi connectivity index (χ4n) is 0.892. The van der Waals surface area contributed by atoms with Crippen molar-refractivity contribution in [3.63, 3.8) is 0 Å². The molecule has 0 fully saturated rings. The normalized spacial score (nSPS) is 9.74. The zero-order valence-corrected chi connectivity index (χ0v) is 16.4. The first kappa shape index (κ1) is 21.1. The van der Waals surface area contributed by atoms with Gasteiger partial charge in [0, 0.05) is 0 Å². The minimum absolute atomic E-state index is 0.258. The molecule has 1 aromatic rings. The third kappa shape index (κ3) is 15.8. The van der Waals surface area contributed by atoms with Crippen molar-refractivity contribution in [1.29, 1.82) is 0 Å². The summed E-state index contributed by atoms with van der Waals surface area (Å²) in [4.78, 5) is 0. The summed E-state index contributed by atoms with van der Waals surface area (Å²) < 4.78 is 4.25. The largest absolute Gasteiger partial charge is 0.668 e. The van der Waals surface area contributed by atoms with Crippen molar-refractivity contribution in [2.75, 3.05) is 27.7 Å². The Morgan fingerprint density at radius 2 is 1.89 bits per heavy atom. The first-order chi connectivity index (χ1) is 8.97. The molecule has 19 heavy (non-hydrogen) atoms. The zero-order valence-electron chi connectivity index (χ0n) is 13.2. The average molecular weight is 431 g/mol. The van der Waals surface area contributed by atoms with E-state index in [0.717, 1.165) is 40.3 Å². The Morgan fingerprint density at radius 1 is 1.32 bits per heavy atom. The molecule has 0 spiro atoms. The van der Waals surface area contributed by atoms with E-state index in [9.17, 15) is 0 Å². The number of nitrogens with zero attached hydrogens (tertiary/aromatic N) is 3. The van der Waals surface area contributed by atoms with Gasteiger partial charge in [-0.3, -0.25) is 0 Å². The minimum atomic E-state index is 0.258. The van der Waals surface area contributed by atoms with E-state index in [1.807, 2.05) is 7.05 Å². The Bertz CT molecular complexity index is 282. The van der Waals surface area contributed by atoms with Gasteiger partial charge in [0.1, 0.15) is 0 Å². The maximum absolute atomic E-state index is 4.25. The van der Waals surface area contributed by atoms with E-state index in [1.165, 1.54) is 5.56 Å². The molecule has 0 aliphatic heterocycles. The number of rotatable bonds is 5. The van der Waals surface area contributed by atoms with Crippen LogP contribution < -0.4 is 0 Å². The molecule has 0 aliphatic rings. The van der Waals surface area contributed by atoms with Crippen LogP contribution in [-0.4, -0.2) is 33.2 Å². The van der Waals surface area contributed by atoms with Gasteiger partial charge in [0.25, 0.3) is 0 Å². The summed E-state index contributed by atoms with van der Waals surface area (Å²) >= 11 is 1.16. The molecule has 1 rings (SSSR count). The van der Waals surface area contributed by atoms with Crippen LogP contribution in [0.5, 0.6) is 0 Å². The topological polar surface area (TPSA) is 40.6 Å². The molecular weight excluding hydrogens is 403 g/mol. The van der Waals surface area contributed by atoms with Gasteiger partial charge in [-0.15, -0.1) is 6.54 Å². The third-order valence-corrected chi connectivity index (χ3v) is 4.44. The van der Waals surface area contributed by atoms with Crippen LogP contribution in [0.2, 0.25) is 0 Å². The summed E-state index contributed by atoms with van der Waals surface area (Å²) in [5.74, 6) is 0. The molecule has 0 aromatic heterocycles. The molecule has 111 valence electrons. The van der Waals surface area contributed by atoms with Gasteiger partial charge in [0.05, 0.1) is 0 Å². The van der Waals surface area contributed by atoms with Gasteiger partial charge in [0.2, 0.25) is 0 Å². The van der Waals surface area contributed by atoms with E-state index in [2.05, 4.69) is 59.0 Å². The van der Waals surface area contributed by atoms with E-state index in [4.69, 9.17) is 0 Å². The van der Waals surface area contributed by atoms with Gasteiger partial charge in [0.15, 0.2) is 0 Å². The van der Waals surface area contributed by atoms with Crippen LogP contribution in [0.25, 0.3) is 10.6 Å². The van der Waals surface area contributed by atoms with Crippen molar-refractivity contribution in [3.8, 4) is 0 Å². The smallest absolute Gasteiger partial charge is 0.0704 e. The van der Waals surface area contributed by atoms with Crippen LogP contribution in [0.3, 0.4) is 0 Å². The fraction of sp³-hybridized carbons (Fsp3) is 0.667. The van der Waals surface area contributed by atoms with E-state index < -0.39 is 0 Å². The van der Waals surface area contributed by atoms with Crippen molar-refractivity contribution >= 4 is 0 Å². The Balaban J connectivity index is 0. The SMILES string of the molecule is CCC(C)(C)[N]=[Ta].C[N-]C.C[N-]CCc1ccc[cH-]1. The van der Waals surface area contributed by atoms with E-state index in [-0.39, 0.29) is 5.54 Å². The third-order valence-electron chi connectivity index (χ3n) is 2.49. The maximum Gasteiger partial charge on any atom is -0.0704 e. The van der Waals surface area contributed by atoms with E-state index in [1.54, 1.807) is 14.1 Å². The Labute approximate surface area is 131 Å². The van der Waals surface area contributed by atoms with Gasteiger partial charge < -0.3 is 10.6 Å². The molecule has 0 saturated heterocycles. The minimum Gasteiger partial charge on any atom is -0.668 e. The van der Waals surface area contributed by atoms with Gasteiger partial charge in [-0.05, 0) is 0 Å². The second-order valence-electron chi connectivity index (χ2n) is 4.80. The van der Waals surface area contributed by atoms with E-state index >= 15 is 0 Å². The average Bonchev–Trinajstić information content (AvgIpc) is 2.91. The summed E-state index contributed by atoms with van der Waals surface area (Å²) in [6.07, 6.45) is 2.24. The summed E-state index contributed by atoms with van der Waals surface area (Å²) in [5.41, 5.74) is 1.65. The van der Waals surface area contributed by atoms with Crippen molar-refractivity contribution in [1.82, 2.24) is 0 Å². The Hall–Kier alpha value is -0.190. The summed E-state index contributed by atoms with van der Waals surface area (Å²) in [7, 11) is 5.35. The maximum atomic E-state index is 4.25. The Morgan fingerprint density at radius 3 is 2.16 bits per heavy atom. The monoisotopic (exact) mass is 431 g/mol. The molecule has 0 saturated carbocycles. The molecule has 3 nitrogen and oxygen atoms in total. The standard InChI is InChI=1S/C8H11N.C5H11N.C2H6N.Ta/c1-9-7-6-8-4-2-3-5-8;1-4-5(2,3)6;1-3-2;/h2-5H,6-7H2,1H3;4H2,1-3H3;1-2H3;/q-2;;-1;. The zero-order chi connectivity index (χ0) is 15.1. The van der Waals surface area contributed by atoms with Crippen LogP contribution in [0, 0.1) is 0 Å². The first-order valence-electron chi connectivity index (χ1n) is 6.57. The second kappa shape index (κ2) is 14.2. The predicted octanol–water partition coefficient (Wildman–Crippen LogP) is 4.48. The molecule has 0 bridgehead atoms. The fourth-order valence-corrected chi connectivity index (χ4v) is 1.40. The van der Waals surface area contributed by atoms with Gasteiger partial charge in [-0.25, -0.2) is 12.1 Å². The van der Waals surface area contributed by atoms with Gasteiger partial charge in [-0.2, -0.15) is 38.8 Å². The summed E-state index contributed by atoms with van der Waals surface area (Å²) in [6.45, 7) is 7.43. The van der Waals surface area contributed by atoms with Crippen molar-refractivity contribution in [2.45, 2.75) is 39.2 Å². The summed E-state index contributed by atoms with van der Waals surface area (Å²) in [5, 5.41) is 7.51. The van der Waals surface area contributed by atoms with Gasteiger partial charge >= 0.3 is 57.0 Å². The molecule has 0 N–H and O–H groups in total. The molecule has 0 heterocycles. The van der Waals surface area contributed by atoms with Crippen molar-refractivity contribution in [3.05, 3.63) is 40.5 Å². The molecule has 4 heteroatoms. The molecule has 0 aliphatic carbocycles. The van der Waals surface area contributed by atoms with Crippen LogP contribution >= 0.6 is 0 Å². The predicted molar refractivity (Wildman–Crippen MR) is 81.9 cm³/mol. The second-order valence-corrected chi connectivity index (χ2v) is 5.51. The quantitative estimate of drug-likeness (QED) is 0.618. The molecular formula is C15H28N3Ta-3. The molecule has 0 amide bonds. The van der Waals surface area contributed by atoms with Crippen molar-refractivity contribution in [2.24, 2.45) is 3.34 Å². The first-order valence-corrected chi connectivity index (χ1v) is 8.01. The van der Waals surface area contributed by atoms with Crippen LogP contribution in [0.1, 0.15) is 32.8 Å². The van der Waals surface area contributed by atoms with Gasteiger partial charge in [-0.1, -0.05) is 6.42 Å². The number of likely N-dealkylation sites (N-methyl/N-ethyl adjacent to an activating group) is 1. The molecule has 0 atom stereocenters. The number of hydrogen-bond acceptors (Lipinski definition) is 1. The van der Waals surface area contributed by atoms with Crippen LogP contribution in [-0.2, 0) is 27.3 Å². The molecule has 0 radical (unpaired) electrons. The number of hydrogen-bond donors (Lipinski definition) is 0. The van der Waals surface area contributed by atoms with Crippen molar-refractivity contribution < 1.29 is 20.9 Å². The van der Waals surface area contributed by atoms with Crippen LogP contribution in [0.15, 0.2) is 27.6 Å². The Kier molecular flexibility index (Phi) is 15.8. The summed E-state index contributed by atoms with van der Waals surface area (Å²) in [6, 6.07) is 8.38. The molecule has 0 unspecified atom stereocenters.